The minimum absolute atomic E-state index is 0.0939. The summed E-state index contributed by atoms with van der Waals surface area (Å²) in [6.45, 7) is 9.55. The third-order valence-electron chi connectivity index (χ3n) is 5.37. The Kier molecular flexibility index (Phi) is 6.28. The van der Waals surface area contributed by atoms with Gasteiger partial charge in [0.25, 0.3) is 5.69 Å². The second kappa shape index (κ2) is 8.60. The minimum Gasteiger partial charge on any atom is -0.481 e. The number of nitro benzene ring substituents is 1. The molecule has 2 heterocycles. The fraction of sp³-hybridized carbons (Fsp3) is 0.455. The lowest BCUT2D eigenvalue weighted by atomic mass is 9.86. The zero-order valence-electron chi connectivity index (χ0n) is 17.7. The molecule has 0 aromatic heterocycles. The summed E-state index contributed by atoms with van der Waals surface area (Å²) >= 11 is 0. The summed E-state index contributed by atoms with van der Waals surface area (Å²) in [5.74, 6) is -2.19. The van der Waals surface area contributed by atoms with Crippen molar-refractivity contribution in [2.45, 2.75) is 50.6 Å². The van der Waals surface area contributed by atoms with Crippen LogP contribution in [-0.2, 0) is 14.3 Å². The second-order valence-electron chi connectivity index (χ2n) is 8.78. The number of hydrogen-bond donors (Lipinski definition) is 2. The maximum atomic E-state index is 13.4. The maximum absolute atomic E-state index is 13.4. The number of nitro groups is 1. The van der Waals surface area contributed by atoms with E-state index in [1.165, 1.54) is 24.3 Å². The third-order valence-corrected chi connectivity index (χ3v) is 5.37. The second-order valence-corrected chi connectivity index (χ2v) is 8.78. The van der Waals surface area contributed by atoms with Crippen LogP contribution >= 0.6 is 0 Å². The van der Waals surface area contributed by atoms with Gasteiger partial charge in [0.15, 0.2) is 0 Å². The highest BCUT2D eigenvalue weighted by Gasteiger charge is 2.54. The smallest absolute Gasteiger partial charge is 0.311 e. The minimum atomic E-state index is -1.01. The molecule has 0 spiro atoms. The van der Waals surface area contributed by atoms with Gasteiger partial charge in [-0.05, 0) is 26.3 Å². The largest absolute Gasteiger partial charge is 0.481 e. The van der Waals surface area contributed by atoms with Crippen molar-refractivity contribution in [1.29, 1.82) is 0 Å². The summed E-state index contributed by atoms with van der Waals surface area (Å²) in [7, 11) is 0. The number of carboxylic acids is 1. The molecule has 9 nitrogen and oxygen atoms in total. The molecule has 1 fully saturated rings. The molecule has 3 rings (SSSR count). The van der Waals surface area contributed by atoms with E-state index in [-0.39, 0.29) is 18.1 Å². The third kappa shape index (κ3) is 4.67. The Morgan fingerprint density at radius 3 is 2.42 bits per heavy atom. The molecule has 2 bridgehead atoms. The predicted molar refractivity (Wildman–Crippen MR) is 113 cm³/mol. The Labute approximate surface area is 180 Å². The summed E-state index contributed by atoms with van der Waals surface area (Å²) in [5.41, 5.74) is -0.110. The Hall–Kier alpha value is -3.04. The van der Waals surface area contributed by atoms with Gasteiger partial charge in [0, 0.05) is 24.2 Å². The molecule has 2 N–H and O–H groups in total. The van der Waals surface area contributed by atoms with Crippen LogP contribution in [0.3, 0.4) is 0 Å². The van der Waals surface area contributed by atoms with Crippen molar-refractivity contribution in [3.8, 4) is 0 Å². The van der Waals surface area contributed by atoms with Gasteiger partial charge in [-0.15, -0.1) is 6.58 Å². The van der Waals surface area contributed by atoms with Crippen molar-refractivity contribution in [3.63, 3.8) is 0 Å². The van der Waals surface area contributed by atoms with Gasteiger partial charge in [-0.3, -0.25) is 24.6 Å². The average molecular weight is 429 g/mol. The molecule has 5 atom stereocenters. The number of amides is 1. The molecular weight excluding hydrogens is 402 g/mol. The number of carboxylic acid groups (broad SMARTS) is 1. The number of hydrogen-bond acceptors (Lipinski definition) is 6. The van der Waals surface area contributed by atoms with Gasteiger partial charge < -0.3 is 15.2 Å². The number of carbonyl (C=O) groups excluding carboxylic acids is 1. The van der Waals surface area contributed by atoms with Crippen LogP contribution in [0.2, 0.25) is 0 Å². The number of rotatable bonds is 8. The first-order valence-electron chi connectivity index (χ1n) is 10.0. The van der Waals surface area contributed by atoms with E-state index in [4.69, 9.17) is 4.74 Å². The monoisotopic (exact) mass is 429 g/mol. The van der Waals surface area contributed by atoms with E-state index in [1.54, 1.807) is 17.1 Å². The van der Waals surface area contributed by atoms with Crippen molar-refractivity contribution < 1.29 is 24.4 Å². The summed E-state index contributed by atoms with van der Waals surface area (Å²) in [6.07, 6.45) is 4.12. The zero-order valence-corrected chi connectivity index (χ0v) is 17.7. The predicted octanol–water partition coefficient (Wildman–Crippen LogP) is 2.45. The number of ether oxygens (including phenoxy) is 1. The number of aliphatic carboxylic acids is 1. The van der Waals surface area contributed by atoms with Gasteiger partial charge in [-0.1, -0.05) is 30.4 Å². The van der Waals surface area contributed by atoms with Crippen LogP contribution in [-0.4, -0.2) is 57.1 Å². The van der Waals surface area contributed by atoms with Gasteiger partial charge in [0.2, 0.25) is 5.91 Å². The number of nitrogens with zero attached hydrogens (tertiary/aromatic N) is 2. The first kappa shape index (κ1) is 22.6. The van der Waals surface area contributed by atoms with Gasteiger partial charge in [0.05, 0.1) is 23.2 Å². The van der Waals surface area contributed by atoms with E-state index < -0.39 is 46.6 Å². The standard InChI is InChI=1S/C22H27N3O6/c1-5-12-24(19-16-11-10-15(31-16)17(19)21(27)28)18(20(26)23-22(2,3)4)13-6-8-14(9-7-13)25(29)30/h5-11,15-19H,1,12H2,2-4H3,(H,23,26)(H,27,28)/t15?,16?,17?,18-,19?/m1/s1. The Bertz CT molecular complexity index is 905. The number of non-ortho nitro benzene ring substituents is 1. The Morgan fingerprint density at radius 2 is 1.90 bits per heavy atom. The first-order chi connectivity index (χ1) is 14.5. The van der Waals surface area contributed by atoms with Crippen LogP contribution in [0.1, 0.15) is 32.4 Å². The molecule has 1 aromatic carbocycles. The van der Waals surface area contributed by atoms with Crippen LogP contribution in [0.5, 0.6) is 0 Å². The van der Waals surface area contributed by atoms with Crippen LogP contribution < -0.4 is 5.32 Å². The quantitative estimate of drug-likeness (QED) is 0.370. The highest BCUT2D eigenvalue weighted by atomic mass is 16.6. The van der Waals surface area contributed by atoms with E-state index in [0.29, 0.717) is 5.56 Å². The normalized spacial score (nSPS) is 25.4. The van der Waals surface area contributed by atoms with Crippen molar-refractivity contribution in [2.24, 2.45) is 5.92 Å². The maximum Gasteiger partial charge on any atom is 0.311 e. The van der Waals surface area contributed by atoms with Crippen molar-refractivity contribution in [1.82, 2.24) is 10.2 Å². The lowest BCUT2D eigenvalue weighted by molar-refractivity contribution is -0.384. The zero-order chi connectivity index (χ0) is 22.9. The number of benzene rings is 1. The van der Waals surface area contributed by atoms with E-state index >= 15 is 0 Å². The van der Waals surface area contributed by atoms with Crippen LogP contribution in [0.4, 0.5) is 5.69 Å². The van der Waals surface area contributed by atoms with E-state index in [9.17, 15) is 24.8 Å². The van der Waals surface area contributed by atoms with Crippen LogP contribution in [0.15, 0.2) is 49.1 Å². The molecule has 31 heavy (non-hydrogen) atoms. The molecule has 1 saturated heterocycles. The number of carbonyl (C=O) groups is 2. The number of nitrogens with one attached hydrogen (secondary N) is 1. The fourth-order valence-electron chi connectivity index (χ4n) is 4.23. The van der Waals surface area contributed by atoms with Gasteiger partial charge >= 0.3 is 5.97 Å². The molecule has 2 aliphatic heterocycles. The van der Waals surface area contributed by atoms with Crippen molar-refractivity contribution in [3.05, 3.63) is 64.8 Å². The van der Waals surface area contributed by atoms with Crippen LogP contribution in [0.25, 0.3) is 0 Å². The van der Waals surface area contributed by atoms with Crippen molar-refractivity contribution >= 4 is 17.6 Å². The number of fused-ring (bicyclic) bond motifs is 2. The molecule has 166 valence electrons. The molecule has 4 unspecified atom stereocenters. The van der Waals surface area contributed by atoms with Gasteiger partial charge in [0.1, 0.15) is 12.0 Å². The summed E-state index contributed by atoms with van der Waals surface area (Å²) in [4.78, 5) is 37.8. The Morgan fingerprint density at radius 1 is 1.29 bits per heavy atom. The summed E-state index contributed by atoms with van der Waals surface area (Å²) < 4.78 is 5.81. The highest BCUT2D eigenvalue weighted by Crippen LogP contribution is 2.41. The van der Waals surface area contributed by atoms with Crippen molar-refractivity contribution in [2.75, 3.05) is 6.54 Å². The molecule has 9 heteroatoms. The fourth-order valence-corrected chi connectivity index (χ4v) is 4.23. The first-order valence-corrected chi connectivity index (χ1v) is 10.0. The average Bonchev–Trinajstić information content (AvgIpc) is 3.28. The molecular formula is C22H27N3O6. The summed E-state index contributed by atoms with van der Waals surface area (Å²) in [6, 6.07) is 4.24. The molecule has 0 aliphatic carbocycles. The van der Waals surface area contributed by atoms with Gasteiger partial charge in [-0.25, -0.2) is 0 Å². The SMILES string of the molecule is C=CCN(C1C2C=CC(O2)C1C(=O)O)[C@@H](C(=O)NC(C)(C)C)c1ccc([N+](=O)[O-])cc1. The highest BCUT2D eigenvalue weighted by molar-refractivity contribution is 5.84. The topological polar surface area (TPSA) is 122 Å². The summed E-state index contributed by atoms with van der Waals surface area (Å²) in [5, 5.41) is 23.9. The van der Waals surface area contributed by atoms with E-state index in [1.807, 2.05) is 26.8 Å². The van der Waals surface area contributed by atoms with Gasteiger partial charge in [-0.2, -0.15) is 0 Å². The van der Waals surface area contributed by atoms with Crippen LogP contribution in [0, 0.1) is 16.0 Å². The molecule has 0 radical (unpaired) electrons. The molecule has 0 saturated carbocycles. The lowest BCUT2D eigenvalue weighted by Gasteiger charge is -2.40. The molecule has 1 aromatic rings. The van der Waals surface area contributed by atoms with E-state index in [0.717, 1.165) is 0 Å². The van der Waals surface area contributed by atoms with E-state index in [2.05, 4.69) is 11.9 Å². The Balaban J connectivity index is 2.07. The molecule has 1 amide bonds. The molecule has 2 aliphatic rings. The lowest BCUT2D eigenvalue weighted by Crippen LogP contribution is -2.55.